The largest absolute Gasteiger partial charge is 0.350 e. The lowest BCUT2D eigenvalue weighted by atomic mass is 9.94. The van der Waals surface area contributed by atoms with Crippen molar-refractivity contribution in [2.45, 2.75) is 62.9 Å². The Balaban J connectivity index is 1.15. The Morgan fingerprint density at radius 1 is 1.15 bits per heavy atom. The molecular weight excluding hydrogens is 504 g/mol. The molecule has 1 aliphatic carbocycles. The third-order valence-corrected chi connectivity index (χ3v) is 8.40. The van der Waals surface area contributed by atoms with Crippen LogP contribution in [0.1, 0.15) is 24.1 Å². The minimum atomic E-state index is -0.164. The third kappa shape index (κ3) is 5.05. The first-order chi connectivity index (χ1) is 19.7. The van der Waals surface area contributed by atoms with E-state index in [0.29, 0.717) is 26.2 Å². The van der Waals surface area contributed by atoms with Gasteiger partial charge >= 0.3 is 0 Å². The lowest BCUT2D eigenvalue weighted by Gasteiger charge is -2.40. The lowest BCUT2D eigenvalue weighted by molar-refractivity contribution is -0.130. The molecular formula is C31H36N6O3. The summed E-state index contributed by atoms with van der Waals surface area (Å²) in [5.41, 5.74) is 3.48. The van der Waals surface area contributed by atoms with Gasteiger partial charge in [-0.05, 0) is 36.1 Å². The first kappa shape index (κ1) is 25.8. The number of hydrazine groups is 1. The van der Waals surface area contributed by atoms with E-state index in [9.17, 15) is 4.79 Å². The highest BCUT2D eigenvalue weighted by Crippen LogP contribution is 2.44. The molecule has 4 saturated heterocycles. The zero-order chi connectivity index (χ0) is 27.1. The number of nitrogens with one attached hydrogen (secondary N) is 1. The Morgan fingerprint density at radius 2 is 2.02 bits per heavy atom. The topological polar surface area (TPSA) is 80.0 Å². The summed E-state index contributed by atoms with van der Waals surface area (Å²) in [5, 5.41) is 7.91. The highest BCUT2D eigenvalue weighted by Gasteiger charge is 2.61. The standard InChI is InChI=1S/C31H36N6O3/c1-2-17-35(31-29(40-31)33-18-22-11-5-3-6-12-22)36-21-26(38)37-25(36)20-34(19-24-15-9-10-16-32-24)30-28(39-30)27(37)23-13-7-4-8-14-23/h2-7,9-13,15-16,25,27-31,33H,1,8,14,17-21H2/t25-,27+,28?,29?,30?,31?/m1/s1. The van der Waals surface area contributed by atoms with Crippen LogP contribution in [0, 0.1) is 0 Å². The van der Waals surface area contributed by atoms with Crippen molar-refractivity contribution in [3.8, 4) is 0 Å². The Morgan fingerprint density at radius 3 is 2.80 bits per heavy atom. The van der Waals surface area contributed by atoms with E-state index in [1.54, 1.807) is 0 Å². The maximum absolute atomic E-state index is 13.8. The normalized spacial score (nSPS) is 31.5. The number of carbonyl (C=O) groups is 1. The number of amides is 1. The van der Waals surface area contributed by atoms with E-state index in [1.165, 1.54) is 11.1 Å². The molecule has 2 aromatic rings. The summed E-state index contributed by atoms with van der Waals surface area (Å²) in [4.78, 5) is 22.9. The number of carbonyl (C=O) groups excluding carboxylic acids is 1. The van der Waals surface area contributed by atoms with Crippen molar-refractivity contribution < 1.29 is 14.3 Å². The number of epoxide rings is 2. The van der Waals surface area contributed by atoms with Crippen molar-refractivity contribution in [1.29, 1.82) is 0 Å². The van der Waals surface area contributed by atoms with Gasteiger partial charge < -0.3 is 14.4 Å². The summed E-state index contributed by atoms with van der Waals surface area (Å²) in [6, 6.07) is 16.2. The number of allylic oxidation sites excluding steroid dienone is 3. The van der Waals surface area contributed by atoms with Crippen LogP contribution in [0.5, 0.6) is 0 Å². The molecule has 208 valence electrons. The van der Waals surface area contributed by atoms with E-state index in [0.717, 1.165) is 25.1 Å². The fourth-order valence-electron chi connectivity index (χ4n) is 6.43. The molecule has 5 heterocycles. The number of hydrogen-bond acceptors (Lipinski definition) is 8. The molecule has 4 fully saturated rings. The second-order valence-electron chi connectivity index (χ2n) is 11.0. The third-order valence-electron chi connectivity index (χ3n) is 8.40. The van der Waals surface area contributed by atoms with Crippen molar-refractivity contribution in [2.24, 2.45) is 0 Å². The van der Waals surface area contributed by atoms with E-state index in [-0.39, 0.29) is 42.9 Å². The first-order valence-corrected chi connectivity index (χ1v) is 14.2. The van der Waals surface area contributed by atoms with Gasteiger partial charge in [-0.25, -0.2) is 10.0 Å². The summed E-state index contributed by atoms with van der Waals surface area (Å²) < 4.78 is 12.4. The monoisotopic (exact) mass is 540 g/mol. The number of hydrogen-bond donors (Lipinski definition) is 1. The summed E-state index contributed by atoms with van der Waals surface area (Å²) in [7, 11) is 0. The molecule has 4 unspecified atom stereocenters. The van der Waals surface area contributed by atoms with Crippen LogP contribution in [0.2, 0.25) is 0 Å². The summed E-state index contributed by atoms with van der Waals surface area (Å²) in [6.07, 6.45) is 11.6. The number of rotatable bonds is 10. The SMILES string of the molecule is C=CCN(C1OC1NCc1ccccc1)N1CC(=O)N2[C@@H](C3=CC=CCC3)C3OC3N(Cc3ccccn3)C[C@@H]21. The van der Waals surface area contributed by atoms with E-state index in [4.69, 9.17) is 9.47 Å². The number of fused-ring (bicyclic) bond motifs is 2. The fourth-order valence-corrected chi connectivity index (χ4v) is 6.43. The summed E-state index contributed by atoms with van der Waals surface area (Å²) >= 11 is 0. The van der Waals surface area contributed by atoms with Crippen molar-refractivity contribution in [1.82, 2.24) is 30.1 Å². The molecule has 5 aliphatic rings. The van der Waals surface area contributed by atoms with Gasteiger partial charge in [-0.15, -0.1) is 6.58 Å². The van der Waals surface area contributed by atoms with Crippen molar-refractivity contribution in [3.05, 3.63) is 102 Å². The van der Waals surface area contributed by atoms with Gasteiger partial charge in [0.1, 0.15) is 18.5 Å². The molecule has 0 bridgehead atoms. The Kier molecular flexibility index (Phi) is 7.09. The molecule has 1 aromatic heterocycles. The minimum absolute atomic E-state index is 0.0376. The molecule has 4 aliphatic heterocycles. The zero-order valence-corrected chi connectivity index (χ0v) is 22.6. The second-order valence-corrected chi connectivity index (χ2v) is 11.0. The summed E-state index contributed by atoms with van der Waals surface area (Å²) in [5.74, 6) is 0.128. The van der Waals surface area contributed by atoms with Crippen LogP contribution in [0.25, 0.3) is 0 Å². The number of benzene rings is 1. The number of aromatic nitrogens is 1. The predicted molar refractivity (Wildman–Crippen MR) is 150 cm³/mol. The van der Waals surface area contributed by atoms with E-state index >= 15 is 0 Å². The number of pyridine rings is 1. The van der Waals surface area contributed by atoms with Gasteiger partial charge in [-0.3, -0.25) is 20.0 Å². The lowest BCUT2D eigenvalue weighted by Crippen LogP contribution is -2.56. The molecule has 0 saturated carbocycles. The molecule has 6 atom stereocenters. The van der Waals surface area contributed by atoms with Gasteiger partial charge in [0.2, 0.25) is 5.91 Å². The van der Waals surface area contributed by atoms with Gasteiger partial charge in [0, 0.05) is 32.4 Å². The van der Waals surface area contributed by atoms with Crippen molar-refractivity contribution in [3.63, 3.8) is 0 Å². The van der Waals surface area contributed by atoms with Crippen molar-refractivity contribution >= 4 is 5.91 Å². The quantitative estimate of drug-likeness (QED) is 0.364. The second kappa shape index (κ2) is 11.0. The number of nitrogens with zero attached hydrogens (tertiary/aromatic N) is 5. The van der Waals surface area contributed by atoms with Crippen LogP contribution in [0.4, 0.5) is 0 Å². The van der Waals surface area contributed by atoms with Gasteiger partial charge in [0.15, 0.2) is 12.5 Å². The van der Waals surface area contributed by atoms with Crippen LogP contribution in [0.15, 0.2) is 91.2 Å². The van der Waals surface area contributed by atoms with E-state index in [2.05, 4.69) is 73.1 Å². The molecule has 9 heteroatoms. The minimum Gasteiger partial charge on any atom is -0.350 e. The Hall–Kier alpha value is -3.18. The number of ether oxygens (including phenoxy) is 2. The van der Waals surface area contributed by atoms with Gasteiger partial charge in [0.05, 0.1) is 18.3 Å². The Labute approximate surface area is 235 Å². The molecule has 0 spiro atoms. The summed E-state index contributed by atoms with van der Waals surface area (Å²) in [6.45, 7) is 6.97. The average Bonchev–Trinajstić information content (AvgIpc) is 3.91. The maximum Gasteiger partial charge on any atom is 0.240 e. The van der Waals surface area contributed by atoms with Crippen LogP contribution in [0.3, 0.4) is 0 Å². The molecule has 40 heavy (non-hydrogen) atoms. The van der Waals surface area contributed by atoms with Gasteiger partial charge in [0.25, 0.3) is 0 Å². The molecule has 9 nitrogen and oxygen atoms in total. The van der Waals surface area contributed by atoms with Crippen LogP contribution >= 0.6 is 0 Å². The molecule has 7 rings (SSSR count). The van der Waals surface area contributed by atoms with E-state index in [1.807, 2.05) is 42.6 Å². The zero-order valence-electron chi connectivity index (χ0n) is 22.6. The molecule has 1 aromatic carbocycles. The van der Waals surface area contributed by atoms with Crippen LogP contribution < -0.4 is 5.32 Å². The van der Waals surface area contributed by atoms with Crippen LogP contribution in [-0.4, -0.2) is 87.3 Å². The molecule has 0 radical (unpaired) electrons. The molecule has 1 N–H and O–H groups in total. The van der Waals surface area contributed by atoms with Gasteiger partial charge in [-0.2, -0.15) is 0 Å². The fraction of sp³-hybridized carbons (Fsp3) is 0.419. The highest BCUT2D eigenvalue weighted by molar-refractivity contribution is 5.81. The predicted octanol–water partition coefficient (Wildman–Crippen LogP) is 2.61. The van der Waals surface area contributed by atoms with Gasteiger partial charge in [-0.1, -0.05) is 60.7 Å². The Bertz CT molecular complexity index is 1290. The highest BCUT2D eigenvalue weighted by atomic mass is 16.6. The first-order valence-electron chi connectivity index (χ1n) is 14.2. The average molecular weight is 541 g/mol. The van der Waals surface area contributed by atoms with Crippen LogP contribution in [-0.2, 0) is 27.4 Å². The smallest absolute Gasteiger partial charge is 0.240 e. The van der Waals surface area contributed by atoms with E-state index < -0.39 is 0 Å². The maximum atomic E-state index is 13.8. The molecule has 1 amide bonds. The van der Waals surface area contributed by atoms with Crippen molar-refractivity contribution in [2.75, 3.05) is 19.6 Å².